The van der Waals surface area contributed by atoms with Crippen LogP contribution in [0.25, 0.3) is 0 Å². The topological polar surface area (TPSA) is 23.5 Å². The number of hydrogen-bond donors (Lipinski definition) is 1. The lowest BCUT2D eigenvalue weighted by molar-refractivity contribution is -0.0243. The van der Waals surface area contributed by atoms with Crippen LogP contribution >= 0.6 is 0 Å². The molecule has 0 bridgehead atoms. The van der Waals surface area contributed by atoms with Gasteiger partial charge >= 0.3 is 0 Å². The first-order valence-corrected chi connectivity index (χ1v) is 7.58. The highest BCUT2D eigenvalue weighted by Crippen LogP contribution is 2.41. The molecule has 0 aromatic carbocycles. The molecule has 1 unspecified atom stereocenters. The third kappa shape index (κ3) is 2.85. The minimum Gasteiger partial charge on any atom is -0.391 e. The van der Waals surface area contributed by atoms with Crippen molar-refractivity contribution >= 4 is 0 Å². The van der Waals surface area contributed by atoms with Crippen molar-refractivity contribution in [3.63, 3.8) is 0 Å². The van der Waals surface area contributed by atoms with Crippen molar-refractivity contribution in [1.82, 2.24) is 4.90 Å². The van der Waals surface area contributed by atoms with E-state index in [1.807, 2.05) is 0 Å². The van der Waals surface area contributed by atoms with Crippen LogP contribution in [-0.2, 0) is 0 Å². The van der Waals surface area contributed by atoms with Crippen molar-refractivity contribution in [2.24, 2.45) is 5.92 Å². The molecule has 17 heavy (non-hydrogen) atoms. The zero-order valence-electron chi connectivity index (χ0n) is 11.6. The first-order chi connectivity index (χ1) is 8.15. The second-order valence-electron chi connectivity index (χ2n) is 6.49. The quantitative estimate of drug-likeness (QED) is 0.796. The van der Waals surface area contributed by atoms with E-state index in [1.54, 1.807) is 0 Å². The SMILES string of the molecule is CC(C)CCC(O)C1(N2CCCC2)CCCC1. The van der Waals surface area contributed by atoms with E-state index >= 15 is 0 Å². The molecule has 2 heteroatoms. The standard InChI is InChI=1S/C15H29NO/c1-13(2)7-8-14(17)15(9-3-4-10-15)16-11-5-6-12-16/h13-14,17H,3-12H2,1-2H3. The van der Waals surface area contributed by atoms with E-state index in [0.717, 1.165) is 12.8 Å². The molecular weight excluding hydrogens is 210 g/mol. The molecule has 1 aliphatic heterocycles. The van der Waals surface area contributed by atoms with Gasteiger partial charge in [0, 0.05) is 5.54 Å². The minimum atomic E-state index is -0.0921. The predicted octanol–water partition coefficient (Wildman–Crippen LogP) is 3.19. The van der Waals surface area contributed by atoms with E-state index < -0.39 is 0 Å². The number of nitrogens with zero attached hydrogens (tertiary/aromatic N) is 1. The van der Waals surface area contributed by atoms with Gasteiger partial charge in [0.1, 0.15) is 0 Å². The lowest BCUT2D eigenvalue weighted by Crippen LogP contribution is -2.53. The van der Waals surface area contributed by atoms with Gasteiger partial charge in [0.15, 0.2) is 0 Å². The lowest BCUT2D eigenvalue weighted by Gasteiger charge is -2.43. The van der Waals surface area contributed by atoms with E-state index in [2.05, 4.69) is 18.7 Å². The Bertz CT molecular complexity index is 227. The van der Waals surface area contributed by atoms with Crippen LogP contribution in [0.1, 0.15) is 65.2 Å². The molecule has 1 N–H and O–H groups in total. The summed E-state index contributed by atoms with van der Waals surface area (Å²) in [6.07, 6.45) is 9.82. The van der Waals surface area contributed by atoms with Crippen LogP contribution in [0, 0.1) is 5.92 Å². The summed E-state index contributed by atoms with van der Waals surface area (Å²) < 4.78 is 0. The number of rotatable bonds is 5. The molecule has 1 atom stereocenters. The Morgan fingerprint density at radius 1 is 1.00 bits per heavy atom. The summed E-state index contributed by atoms with van der Waals surface area (Å²) >= 11 is 0. The Kier molecular flexibility index (Phi) is 4.48. The average molecular weight is 239 g/mol. The molecule has 0 radical (unpaired) electrons. The van der Waals surface area contributed by atoms with Crippen molar-refractivity contribution in [1.29, 1.82) is 0 Å². The van der Waals surface area contributed by atoms with E-state index in [9.17, 15) is 5.11 Å². The van der Waals surface area contributed by atoms with E-state index in [-0.39, 0.29) is 11.6 Å². The van der Waals surface area contributed by atoms with E-state index in [1.165, 1.54) is 51.6 Å². The van der Waals surface area contributed by atoms with E-state index in [4.69, 9.17) is 0 Å². The molecule has 0 aromatic heterocycles. The summed E-state index contributed by atoms with van der Waals surface area (Å²) in [6.45, 7) is 6.95. The number of aliphatic hydroxyl groups excluding tert-OH is 1. The molecule has 0 amide bonds. The molecule has 2 nitrogen and oxygen atoms in total. The van der Waals surface area contributed by atoms with Crippen LogP contribution in [0.5, 0.6) is 0 Å². The molecule has 0 aromatic rings. The first-order valence-electron chi connectivity index (χ1n) is 7.58. The average Bonchev–Trinajstić information content (AvgIpc) is 2.95. The van der Waals surface area contributed by atoms with Crippen LogP contribution in [-0.4, -0.2) is 34.7 Å². The van der Waals surface area contributed by atoms with Gasteiger partial charge in [0.05, 0.1) is 6.10 Å². The summed E-state index contributed by atoms with van der Waals surface area (Å²) in [5.41, 5.74) is 0.158. The molecule has 2 rings (SSSR count). The van der Waals surface area contributed by atoms with Gasteiger partial charge in [0.25, 0.3) is 0 Å². The Labute approximate surface area is 106 Å². The van der Waals surface area contributed by atoms with Crippen molar-refractivity contribution in [2.45, 2.75) is 76.9 Å². The van der Waals surface area contributed by atoms with Crippen LogP contribution < -0.4 is 0 Å². The first kappa shape index (κ1) is 13.4. The molecule has 1 heterocycles. The maximum absolute atomic E-state index is 10.7. The molecule has 2 fully saturated rings. The summed E-state index contributed by atoms with van der Waals surface area (Å²) in [5.74, 6) is 0.710. The van der Waals surface area contributed by atoms with Crippen molar-refractivity contribution in [2.75, 3.05) is 13.1 Å². The molecular formula is C15H29NO. The maximum atomic E-state index is 10.7. The molecule has 1 saturated carbocycles. The lowest BCUT2D eigenvalue weighted by atomic mass is 9.84. The Morgan fingerprint density at radius 2 is 1.59 bits per heavy atom. The third-order valence-corrected chi connectivity index (χ3v) is 4.84. The number of aliphatic hydroxyl groups is 1. The molecule has 100 valence electrons. The molecule has 1 saturated heterocycles. The fourth-order valence-electron chi connectivity index (χ4n) is 3.77. The highest BCUT2D eigenvalue weighted by molar-refractivity contribution is 5.01. The van der Waals surface area contributed by atoms with Gasteiger partial charge in [-0.05, 0) is 57.5 Å². The highest BCUT2D eigenvalue weighted by Gasteiger charge is 2.45. The van der Waals surface area contributed by atoms with Gasteiger partial charge in [-0.3, -0.25) is 4.90 Å². The van der Waals surface area contributed by atoms with Gasteiger partial charge in [-0.1, -0.05) is 26.7 Å². The Hall–Kier alpha value is -0.0800. The van der Waals surface area contributed by atoms with Crippen molar-refractivity contribution in [3.8, 4) is 0 Å². The third-order valence-electron chi connectivity index (χ3n) is 4.84. The number of hydrogen-bond acceptors (Lipinski definition) is 2. The zero-order valence-corrected chi connectivity index (χ0v) is 11.6. The van der Waals surface area contributed by atoms with Crippen LogP contribution in [0.15, 0.2) is 0 Å². The fourth-order valence-corrected chi connectivity index (χ4v) is 3.77. The largest absolute Gasteiger partial charge is 0.391 e. The van der Waals surface area contributed by atoms with Gasteiger partial charge in [-0.2, -0.15) is 0 Å². The Morgan fingerprint density at radius 3 is 2.12 bits per heavy atom. The van der Waals surface area contributed by atoms with Gasteiger partial charge < -0.3 is 5.11 Å². The second-order valence-corrected chi connectivity index (χ2v) is 6.49. The monoisotopic (exact) mass is 239 g/mol. The van der Waals surface area contributed by atoms with E-state index in [0.29, 0.717) is 5.92 Å². The van der Waals surface area contributed by atoms with Gasteiger partial charge in [-0.25, -0.2) is 0 Å². The van der Waals surface area contributed by atoms with Gasteiger partial charge in [0.2, 0.25) is 0 Å². The fraction of sp³-hybridized carbons (Fsp3) is 1.00. The van der Waals surface area contributed by atoms with Crippen molar-refractivity contribution < 1.29 is 5.11 Å². The summed E-state index contributed by atoms with van der Waals surface area (Å²) in [7, 11) is 0. The normalized spacial score (nSPS) is 26.8. The van der Waals surface area contributed by atoms with Crippen LogP contribution in [0.3, 0.4) is 0 Å². The van der Waals surface area contributed by atoms with Gasteiger partial charge in [-0.15, -0.1) is 0 Å². The minimum absolute atomic E-state index is 0.0921. The highest BCUT2D eigenvalue weighted by atomic mass is 16.3. The summed E-state index contributed by atoms with van der Waals surface area (Å²) in [5, 5.41) is 10.7. The maximum Gasteiger partial charge on any atom is 0.0723 e. The van der Waals surface area contributed by atoms with Crippen molar-refractivity contribution in [3.05, 3.63) is 0 Å². The summed E-state index contributed by atoms with van der Waals surface area (Å²) in [6, 6.07) is 0. The summed E-state index contributed by atoms with van der Waals surface area (Å²) in [4.78, 5) is 2.62. The molecule has 0 spiro atoms. The zero-order chi connectivity index (χ0) is 12.3. The molecule has 2 aliphatic rings. The number of likely N-dealkylation sites (tertiary alicyclic amines) is 1. The Balaban J connectivity index is 1.99. The second kappa shape index (κ2) is 5.71. The smallest absolute Gasteiger partial charge is 0.0723 e. The van der Waals surface area contributed by atoms with Crippen LogP contribution in [0.4, 0.5) is 0 Å². The van der Waals surface area contributed by atoms with Crippen LogP contribution in [0.2, 0.25) is 0 Å². The molecule has 1 aliphatic carbocycles. The predicted molar refractivity (Wildman–Crippen MR) is 72.1 cm³/mol.